The van der Waals surface area contributed by atoms with Gasteiger partial charge in [0.1, 0.15) is 11.3 Å². The Bertz CT molecular complexity index is 528. The van der Waals surface area contributed by atoms with Crippen LogP contribution in [0.3, 0.4) is 0 Å². The molecule has 0 aliphatic heterocycles. The van der Waals surface area contributed by atoms with Crippen molar-refractivity contribution in [3.8, 4) is 0 Å². The van der Waals surface area contributed by atoms with Crippen molar-refractivity contribution in [3.63, 3.8) is 0 Å². The molecule has 0 atom stereocenters. The molecule has 78 valence electrons. The molecule has 2 aromatic rings. The van der Waals surface area contributed by atoms with Gasteiger partial charge in [-0.3, -0.25) is 4.79 Å². The van der Waals surface area contributed by atoms with E-state index in [0.29, 0.717) is 23.3 Å². The van der Waals surface area contributed by atoms with Crippen LogP contribution in [0.15, 0.2) is 39.5 Å². The van der Waals surface area contributed by atoms with E-state index in [1.54, 1.807) is 12.1 Å². The Kier molecular flexibility index (Phi) is 2.56. The Hall–Kier alpha value is -1.61. The third-order valence-electron chi connectivity index (χ3n) is 2.16. The van der Waals surface area contributed by atoms with E-state index in [-0.39, 0.29) is 5.43 Å². The zero-order valence-electron chi connectivity index (χ0n) is 8.86. The van der Waals surface area contributed by atoms with Gasteiger partial charge in [-0.1, -0.05) is 12.1 Å². The number of benzene rings is 1. The molecule has 1 aromatic heterocycles. The van der Waals surface area contributed by atoms with Crippen molar-refractivity contribution < 1.29 is 4.42 Å². The van der Waals surface area contributed by atoms with Crippen molar-refractivity contribution in [3.05, 3.63) is 46.3 Å². The number of hydrogen-bond acceptors (Lipinski definition) is 3. The second-order valence-electron chi connectivity index (χ2n) is 3.81. The van der Waals surface area contributed by atoms with Gasteiger partial charge in [0.2, 0.25) is 0 Å². The minimum Gasteiger partial charge on any atom is -0.459 e. The summed E-state index contributed by atoms with van der Waals surface area (Å²) in [5, 5.41) is 0.639. The molecule has 0 radical (unpaired) electrons. The van der Waals surface area contributed by atoms with Crippen LogP contribution in [0.1, 0.15) is 5.76 Å². The summed E-state index contributed by atoms with van der Waals surface area (Å²) in [4.78, 5) is 13.7. The minimum absolute atomic E-state index is 0.0219. The van der Waals surface area contributed by atoms with Crippen LogP contribution in [0.4, 0.5) is 0 Å². The zero-order chi connectivity index (χ0) is 10.8. The van der Waals surface area contributed by atoms with Crippen LogP contribution >= 0.6 is 0 Å². The summed E-state index contributed by atoms with van der Waals surface area (Å²) in [5.41, 5.74) is 0.676. The fraction of sp³-hybridized carbons (Fsp3) is 0.250. The predicted octanol–water partition coefficient (Wildman–Crippen LogP) is 1.85. The van der Waals surface area contributed by atoms with Crippen molar-refractivity contribution >= 4 is 11.0 Å². The molecule has 0 aliphatic rings. The molecular formula is C12H13NO2. The highest BCUT2D eigenvalue weighted by Gasteiger charge is 2.04. The van der Waals surface area contributed by atoms with Crippen molar-refractivity contribution in [1.82, 2.24) is 4.90 Å². The second kappa shape index (κ2) is 3.87. The zero-order valence-corrected chi connectivity index (χ0v) is 8.86. The van der Waals surface area contributed by atoms with E-state index < -0.39 is 0 Å². The van der Waals surface area contributed by atoms with Crippen LogP contribution in [0.25, 0.3) is 11.0 Å². The first-order valence-electron chi connectivity index (χ1n) is 4.83. The van der Waals surface area contributed by atoms with E-state index in [2.05, 4.69) is 0 Å². The second-order valence-corrected chi connectivity index (χ2v) is 3.81. The highest BCUT2D eigenvalue weighted by Crippen LogP contribution is 2.12. The Morgan fingerprint density at radius 2 is 2.00 bits per heavy atom. The molecule has 3 heteroatoms. The Morgan fingerprint density at radius 3 is 2.73 bits per heavy atom. The summed E-state index contributed by atoms with van der Waals surface area (Å²) < 4.78 is 5.61. The van der Waals surface area contributed by atoms with E-state index in [0.717, 1.165) is 0 Å². The lowest BCUT2D eigenvalue weighted by atomic mass is 10.2. The molecule has 0 bridgehead atoms. The molecule has 0 saturated heterocycles. The van der Waals surface area contributed by atoms with Crippen molar-refractivity contribution in [2.45, 2.75) is 6.54 Å². The number of rotatable bonds is 2. The summed E-state index contributed by atoms with van der Waals surface area (Å²) in [5.74, 6) is 0.698. The molecule has 0 spiro atoms. The third kappa shape index (κ3) is 2.07. The fourth-order valence-corrected chi connectivity index (χ4v) is 1.54. The summed E-state index contributed by atoms with van der Waals surface area (Å²) in [7, 11) is 3.88. The number of nitrogens with zero attached hydrogens (tertiary/aromatic N) is 1. The average molecular weight is 203 g/mol. The molecule has 0 aliphatic carbocycles. The Labute approximate surface area is 87.9 Å². The number of para-hydroxylation sites is 1. The van der Waals surface area contributed by atoms with Gasteiger partial charge in [0.05, 0.1) is 11.9 Å². The maximum absolute atomic E-state index is 11.7. The van der Waals surface area contributed by atoms with Gasteiger partial charge in [-0.25, -0.2) is 0 Å². The van der Waals surface area contributed by atoms with Gasteiger partial charge < -0.3 is 9.32 Å². The molecule has 2 rings (SSSR count). The summed E-state index contributed by atoms with van der Waals surface area (Å²) >= 11 is 0. The van der Waals surface area contributed by atoms with Gasteiger partial charge in [-0.15, -0.1) is 0 Å². The molecular weight excluding hydrogens is 190 g/mol. The molecule has 0 amide bonds. The fourth-order valence-electron chi connectivity index (χ4n) is 1.54. The largest absolute Gasteiger partial charge is 0.459 e. The van der Waals surface area contributed by atoms with Crippen LogP contribution in [-0.2, 0) is 6.54 Å². The lowest BCUT2D eigenvalue weighted by Gasteiger charge is -2.08. The minimum atomic E-state index is 0.0219. The standard InChI is InChI=1S/C12H13NO2/c1-13(2)8-9-7-11(14)10-5-3-4-6-12(10)15-9/h3-7H,8H2,1-2H3. The Morgan fingerprint density at radius 1 is 1.27 bits per heavy atom. The molecule has 0 saturated carbocycles. The van der Waals surface area contributed by atoms with Crippen LogP contribution in [0.2, 0.25) is 0 Å². The molecule has 0 unspecified atom stereocenters. The van der Waals surface area contributed by atoms with E-state index in [4.69, 9.17) is 4.42 Å². The summed E-state index contributed by atoms with van der Waals surface area (Å²) in [6.45, 7) is 0.639. The summed E-state index contributed by atoms with van der Waals surface area (Å²) in [6, 6.07) is 8.86. The van der Waals surface area contributed by atoms with Crippen LogP contribution in [-0.4, -0.2) is 19.0 Å². The van der Waals surface area contributed by atoms with Gasteiger partial charge in [0.25, 0.3) is 0 Å². The third-order valence-corrected chi connectivity index (χ3v) is 2.16. The maximum Gasteiger partial charge on any atom is 0.192 e. The molecule has 0 fully saturated rings. The number of fused-ring (bicyclic) bond motifs is 1. The molecule has 15 heavy (non-hydrogen) atoms. The monoisotopic (exact) mass is 203 g/mol. The van der Waals surface area contributed by atoms with E-state index in [1.165, 1.54) is 0 Å². The normalized spacial score (nSPS) is 11.1. The van der Waals surface area contributed by atoms with E-state index in [1.807, 2.05) is 37.2 Å². The first-order chi connectivity index (χ1) is 7.16. The Balaban J connectivity index is 2.57. The molecule has 0 N–H and O–H groups in total. The molecule has 1 heterocycles. The van der Waals surface area contributed by atoms with E-state index in [9.17, 15) is 4.79 Å². The predicted molar refractivity (Wildman–Crippen MR) is 59.9 cm³/mol. The highest BCUT2D eigenvalue weighted by atomic mass is 16.3. The van der Waals surface area contributed by atoms with Gasteiger partial charge in [0.15, 0.2) is 5.43 Å². The quantitative estimate of drug-likeness (QED) is 0.747. The van der Waals surface area contributed by atoms with Gasteiger partial charge in [-0.05, 0) is 26.2 Å². The van der Waals surface area contributed by atoms with E-state index >= 15 is 0 Å². The van der Waals surface area contributed by atoms with Crippen molar-refractivity contribution in [2.24, 2.45) is 0 Å². The van der Waals surface area contributed by atoms with Crippen molar-refractivity contribution in [2.75, 3.05) is 14.1 Å². The van der Waals surface area contributed by atoms with Crippen LogP contribution < -0.4 is 5.43 Å². The average Bonchev–Trinajstić information content (AvgIpc) is 2.16. The molecule has 3 nitrogen and oxygen atoms in total. The van der Waals surface area contributed by atoms with Gasteiger partial charge in [0, 0.05) is 6.07 Å². The summed E-state index contributed by atoms with van der Waals surface area (Å²) in [6.07, 6.45) is 0. The van der Waals surface area contributed by atoms with Gasteiger partial charge >= 0.3 is 0 Å². The maximum atomic E-state index is 11.7. The van der Waals surface area contributed by atoms with Crippen LogP contribution in [0.5, 0.6) is 0 Å². The highest BCUT2D eigenvalue weighted by molar-refractivity contribution is 5.76. The lowest BCUT2D eigenvalue weighted by molar-refractivity contribution is 0.354. The molecule has 1 aromatic carbocycles. The first-order valence-corrected chi connectivity index (χ1v) is 4.83. The smallest absolute Gasteiger partial charge is 0.192 e. The topological polar surface area (TPSA) is 33.5 Å². The lowest BCUT2D eigenvalue weighted by Crippen LogP contribution is -2.12. The first kappa shape index (κ1) is 9.93. The van der Waals surface area contributed by atoms with Crippen LogP contribution in [0, 0.1) is 0 Å². The number of hydrogen-bond donors (Lipinski definition) is 0. The van der Waals surface area contributed by atoms with Gasteiger partial charge in [-0.2, -0.15) is 0 Å². The van der Waals surface area contributed by atoms with Crippen molar-refractivity contribution in [1.29, 1.82) is 0 Å². The SMILES string of the molecule is CN(C)Cc1cc(=O)c2ccccc2o1.